The van der Waals surface area contributed by atoms with Crippen LogP contribution in [0.1, 0.15) is 32.6 Å². The van der Waals surface area contributed by atoms with Gasteiger partial charge in [0.2, 0.25) is 5.91 Å². The number of esters is 1. The molecule has 1 unspecified atom stereocenters. The molecule has 0 bridgehead atoms. The zero-order valence-corrected chi connectivity index (χ0v) is 13.5. The third-order valence-electron chi connectivity index (χ3n) is 4.39. The molecular formula is C17H22N2O4. The van der Waals surface area contributed by atoms with Crippen molar-refractivity contribution in [2.45, 2.75) is 44.8 Å². The summed E-state index contributed by atoms with van der Waals surface area (Å²) in [5, 5.41) is 3.14. The first-order chi connectivity index (χ1) is 11.1. The lowest BCUT2D eigenvalue weighted by molar-refractivity contribution is -0.147. The van der Waals surface area contributed by atoms with Gasteiger partial charge in [0.1, 0.15) is 24.4 Å². The number of anilines is 2. The minimum Gasteiger partial charge on any atom is -0.497 e. The summed E-state index contributed by atoms with van der Waals surface area (Å²) in [6.07, 6.45) is 4.05. The number of fused-ring (bicyclic) bond motifs is 1. The van der Waals surface area contributed by atoms with Gasteiger partial charge in [0.25, 0.3) is 0 Å². The maximum Gasteiger partial charge on any atom is 0.326 e. The predicted octanol–water partition coefficient (Wildman–Crippen LogP) is 2.33. The van der Waals surface area contributed by atoms with E-state index in [0.717, 1.165) is 31.4 Å². The molecule has 1 amide bonds. The van der Waals surface area contributed by atoms with Crippen LogP contribution in [0.3, 0.4) is 0 Å². The number of amides is 1. The third-order valence-corrected chi connectivity index (χ3v) is 4.39. The molecule has 1 aromatic carbocycles. The second kappa shape index (κ2) is 6.48. The van der Waals surface area contributed by atoms with E-state index in [4.69, 9.17) is 9.47 Å². The lowest BCUT2D eigenvalue weighted by atomic mass is 10.1. The van der Waals surface area contributed by atoms with Gasteiger partial charge in [0, 0.05) is 6.07 Å². The summed E-state index contributed by atoms with van der Waals surface area (Å²) in [7, 11) is 1.59. The first-order valence-electron chi connectivity index (χ1n) is 8.04. The van der Waals surface area contributed by atoms with Crippen molar-refractivity contribution in [3.05, 3.63) is 18.2 Å². The van der Waals surface area contributed by atoms with Crippen LogP contribution >= 0.6 is 0 Å². The Hall–Kier alpha value is -2.24. The van der Waals surface area contributed by atoms with Crippen molar-refractivity contribution in [2.24, 2.45) is 0 Å². The number of ether oxygens (including phenoxy) is 2. The Morgan fingerprint density at radius 2 is 2.09 bits per heavy atom. The molecule has 2 aliphatic rings. The van der Waals surface area contributed by atoms with Crippen LogP contribution in [0.25, 0.3) is 0 Å². The van der Waals surface area contributed by atoms with E-state index in [2.05, 4.69) is 5.32 Å². The maximum atomic E-state index is 12.4. The fourth-order valence-electron chi connectivity index (χ4n) is 3.16. The van der Waals surface area contributed by atoms with Crippen molar-refractivity contribution < 1.29 is 19.1 Å². The standard InChI is InChI=1S/C17H22N2O4/c1-11-17(21)19(10-16(20)23-12-5-3-4-6-12)15-8-7-13(22-2)9-14(15)18-11/h7-9,11-12,18H,3-6,10H2,1-2H3. The molecule has 1 saturated carbocycles. The minimum atomic E-state index is -0.395. The monoisotopic (exact) mass is 318 g/mol. The molecule has 6 heteroatoms. The number of methoxy groups -OCH3 is 1. The fourth-order valence-corrected chi connectivity index (χ4v) is 3.16. The van der Waals surface area contributed by atoms with Gasteiger partial charge in [-0.3, -0.25) is 14.5 Å². The smallest absolute Gasteiger partial charge is 0.326 e. The summed E-state index contributed by atoms with van der Waals surface area (Å²) >= 11 is 0. The number of rotatable bonds is 4. The van der Waals surface area contributed by atoms with Crippen LogP contribution in [0.5, 0.6) is 5.75 Å². The Morgan fingerprint density at radius 3 is 2.78 bits per heavy atom. The van der Waals surface area contributed by atoms with E-state index in [-0.39, 0.29) is 24.5 Å². The first-order valence-corrected chi connectivity index (χ1v) is 8.04. The van der Waals surface area contributed by atoms with Crippen molar-refractivity contribution in [3.63, 3.8) is 0 Å². The quantitative estimate of drug-likeness (QED) is 0.863. The summed E-state index contributed by atoms with van der Waals surface area (Å²) in [5.41, 5.74) is 1.46. The molecule has 6 nitrogen and oxygen atoms in total. The van der Waals surface area contributed by atoms with Crippen LogP contribution in [0.2, 0.25) is 0 Å². The van der Waals surface area contributed by atoms with E-state index in [0.29, 0.717) is 11.4 Å². The molecule has 3 rings (SSSR count). The molecule has 23 heavy (non-hydrogen) atoms. The average Bonchev–Trinajstić information content (AvgIpc) is 3.04. The van der Waals surface area contributed by atoms with Crippen molar-refractivity contribution in [1.82, 2.24) is 0 Å². The zero-order valence-electron chi connectivity index (χ0n) is 13.5. The van der Waals surface area contributed by atoms with Crippen LogP contribution in [-0.2, 0) is 14.3 Å². The Bertz CT molecular complexity index is 611. The molecule has 124 valence electrons. The maximum absolute atomic E-state index is 12.4. The normalized spacial score (nSPS) is 20.9. The summed E-state index contributed by atoms with van der Waals surface area (Å²) in [6, 6.07) is 4.99. The lowest BCUT2D eigenvalue weighted by Crippen LogP contribution is -2.48. The van der Waals surface area contributed by atoms with E-state index in [1.165, 1.54) is 4.90 Å². The SMILES string of the molecule is COc1ccc2c(c1)NC(C)C(=O)N2CC(=O)OC1CCCC1. The van der Waals surface area contributed by atoms with Crippen LogP contribution in [-0.4, -0.2) is 37.7 Å². The van der Waals surface area contributed by atoms with Gasteiger partial charge in [-0.05, 0) is 44.7 Å². The number of carbonyl (C=O) groups excluding carboxylic acids is 2. The summed E-state index contributed by atoms with van der Waals surface area (Å²) in [6.45, 7) is 1.72. The van der Waals surface area contributed by atoms with Crippen LogP contribution < -0.4 is 15.0 Å². The molecule has 1 fully saturated rings. The van der Waals surface area contributed by atoms with Crippen molar-refractivity contribution in [3.8, 4) is 5.75 Å². The average molecular weight is 318 g/mol. The van der Waals surface area contributed by atoms with Gasteiger partial charge in [-0.2, -0.15) is 0 Å². The highest BCUT2D eigenvalue weighted by molar-refractivity contribution is 6.07. The molecular weight excluding hydrogens is 296 g/mol. The zero-order chi connectivity index (χ0) is 16.4. The Morgan fingerprint density at radius 1 is 1.35 bits per heavy atom. The predicted molar refractivity (Wildman–Crippen MR) is 86.8 cm³/mol. The third kappa shape index (κ3) is 3.25. The van der Waals surface area contributed by atoms with Gasteiger partial charge in [-0.1, -0.05) is 0 Å². The number of hydrogen-bond acceptors (Lipinski definition) is 5. The van der Waals surface area contributed by atoms with Gasteiger partial charge >= 0.3 is 5.97 Å². The number of benzene rings is 1. The van der Waals surface area contributed by atoms with E-state index >= 15 is 0 Å². The van der Waals surface area contributed by atoms with E-state index < -0.39 is 6.04 Å². The number of nitrogens with one attached hydrogen (secondary N) is 1. The second-order valence-electron chi connectivity index (χ2n) is 6.07. The van der Waals surface area contributed by atoms with Gasteiger partial charge in [-0.15, -0.1) is 0 Å². The van der Waals surface area contributed by atoms with Crippen LogP contribution in [0.4, 0.5) is 11.4 Å². The Balaban J connectivity index is 1.77. The molecule has 1 aliphatic carbocycles. The highest BCUT2D eigenvalue weighted by Gasteiger charge is 2.32. The van der Waals surface area contributed by atoms with Gasteiger partial charge in [-0.25, -0.2) is 0 Å². The summed E-state index contributed by atoms with van der Waals surface area (Å²) in [5.74, 6) is 0.221. The Kier molecular flexibility index (Phi) is 4.41. The number of nitrogens with zero attached hydrogens (tertiary/aromatic N) is 1. The highest BCUT2D eigenvalue weighted by Crippen LogP contribution is 2.34. The highest BCUT2D eigenvalue weighted by atomic mass is 16.5. The van der Waals surface area contributed by atoms with Crippen LogP contribution in [0.15, 0.2) is 18.2 Å². The number of hydrogen-bond donors (Lipinski definition) is 1. The second-order valence-corrected chi connectivity index (χ2v) is 6.07. The Labute approximate surface area is 135 Å². The summed E-state index contributed by atoms with van der Waals surface area (Å²) < 4.78 is 10.7. The van der Waals surface area contributed by atoms with Crippen molar-refractivity contribution in [2.75, 3.05) is 23.9 Å². The van der Waals surface area contributed by atoms with Crippen molar-refractivity contribution >= 4 is 23.3 Å². The fraction of sp³-hybridized carbons (Fsp3) is 0.529. The largest absolute Gasteiger partial charge is 0.497 e. The molecule has 0 spiro atoms. The number of carbonyl (C=O) groups is 2. The molecule has 1 aliphatic heterocycles. The molecule has 0 radical (unpaired) electrons. The van der Waals surface area contributed by atoms with E-state index in [1.54, 1.807) is 26.2 Å². The topological polar surface area (TPSA) is 67.9 Å². The van der Waals surface area contributed by atoms with E-state index in [1.807, 2.05) is 6.07 Å². The molecule has 0 saturated heterocycles. The molecule has 1 atom stereocenters. The van der Waals surface area contributed by atoms with Crippen molar-refractivity contribution in [1.29, 1.82) is 0 Å². The summed E-state index contributed by atoms with van der Waals surface area (Å²) in [4.78, 5) is 26.1. The molecule has 1 heterocycles. The first kappa shape index (κ1) is 15.6. The van der Waals surface area contributed by atoms with Crippen LogP contribution in [0, 0.1) is 0 Å². The molecule has 1 N–H and O–H groups in total. The van der Waals surface area contributed by atoms with Gasteiger partial charge in [0.15, 0.2) is 0 Å². The molecule has 1 aromatic rings. The minimum absolute atomic E-state index is 0.00767. The van der Waals surface area contributed by atoms with E-state index in [9.17, 15) is 9.59 Å². The van der Waals surface area contributed by atoms with Gasteiger partial charge in [0.05, 0.1) is 18.5 Å². The lowest BCUT2D eigenvalue weighted by Gasteiger charge is -2.33. The van der Waals surface area contributed by atoms with Gasteiger partial charge < -0.3 is 14.8 Å². The molecule has 0 aromatic heterocycles.